The lowest BCUT2D eigenvalue weighted by atomic mass is 9.81. The third-order valence-corrected chi connectivity index (χ3v) is 26.1. The molecule has 5 saturated carbocycles. The molecule has 5 aliphatic rings. The first-order valence-electron chi connectivity index (χ1n) is 40.3. The van der Waals surface area contributed by atoms with Crippen molar-refractivity contribution in [2.45, 2.75) is 181 Å². The van der Waals surface area contributed by atoms with Gasteiger partial charge in [-0.25, -0.2) is 47.3 Å². The number of ether oxygens (including phenoxy) is 3. The minimum absolute atomic E-state index is 0. The number of nitrogens with two attached hydrogens (primary N) is 4. The van der Waals surface area contributed by atoms with E-state index in [1.54, 1.807) is 84.9 Å². The van der Waals surface area contributed by atoms with Crippen LogP contribution < -0.4 is 66.3 Å². The van der Waals surface area contributed by atoms with Gasteiger partial charge in [0.05, 0.1) is 76.0 Å². The van der Waals surface area contributed by atoms with Crippen molar-refractivity contribution in [2.75, 3.05) is 17.7 Å². The van der Waals surface area contributed by atoms with Crippen LogP contribution in [-0.2, 0) is 23.8 Å². The third-order valence-electron chi connectivity index (χ3n) is 18.8. The highest BCUT2D eigenvalue weighted by molar-refractivity contribution is 9.11. The van der Waals surface area contributed by atoms with Crippen LogP contribution in [0.5, 0.6) is 0 Å². The van der Waals surface area contributed by atoms with Crippen molar-refractivity contribution in [1.82, 2.24) is 60.8 Å². The number of aromatic nitrogens is 9. The molecule has 0 spiro atoms. The summed E-state index contributed by atoms with van der Waals surface area (Å²) in [5.74, 6) is -0.807. The lowest BCUT2D eigenvalue weighted by Gasteiger charge is -2.23. The van der Waals surface area contributed by atoms with Crippen LogP contribution in [-0.4, -0.2) is 144 Å². The monoisotopic (exact) mass is 2110 g/mol. The van der Waals surface area contributed by atoms with E-state index >= 15 is 0 Å². The van der Waals surface area contributed by atoms with Crippen molar-refractivity contribution >= 4 is 213 Å². The Morgan fingerprint density at radius 3 is 1.27 bits per heavy atom. The number of anilines is 2. The van der Waals surface area contributed by atoms with Gasteiger partial charge < -0.3 is 93.6 Å². The number of carboxylic acid groups (broad SMARTS) is 1. The molecule has 5 atom stereocenters. The second-order valence-corrected chi connectivity index (χ2v) is 42.5. The number of rotatable bonds is 19. The number of hydrogen-bond acceptors (Lipinski definition) is 29. The topological polar surface area (TPSA) is 556 Å². The van der Waals surface area contributed by atoms with Crippen LogP contribution in [0.15, 0.2) is 111 Å². The maximum Gasteiger partial charge on any atom is 0.491 e. The maximum atomic E-state index is 14.1. The van der Waals surface area contributed by atoms with Crippen LogP contribution in [0, 0.1) is 53.0 Å². The molecule has 11 heterocycles. The molecule has 0 aliphatic heterocycles. The summed E-state index contributed by atoms with van der Waals surface area (Å²) >= 11 is 16.0. The minimum Gasteiger partial charge on any atom is -0.480 e. The predicted molar refractivity (Wildman–Crippen MR) is 508 cm³/mol. The fourth-order valence-corrected chi connectivity index (χ4v) is 18.3. The van der Waals surface area contributed by atoms with Gasteiger partial charge in [0, 0.05) is 57.5 Å². The minimum atomic E-state index is -1.76. The molecule has 130 heavy (non-hydrogen) atoms. The fourth-order valence-electron chi connectivity index (χ4n) is 12.0. The molecule has 0 saturated heterocycles. The zero-order valence-electron chi connectivity index (χ0n) is 72.0. The standard InChI is InChI=1S/C20H21FN4O3S.C15H18BrN3O3S.C15H13FN4OS.C11H13BrN2O2S.C10H17NO4.C5H5BFNO2.C5H5BrN2OS.C2H6O.ClH/c1-20(2,3)28-19(27)24-15(10-4-5-10)17-23-13-8-14(29-16(13)18(26)25-17)11-6-7-22-9-12(11)21;1-15(2,3)22-14(21)18-10(7-4-5-7)12-17-8-6-9(16)23-11(8)13(20)19-12;16-9-6-18-4-3-8(9)11-5-10-13(22-11)15(21)20-14(19-10)12(17)7-1-2-7;1-5(6-2-3-6)11(16)14-7-4-8(12)17-9(7)10(13)15;1-10(2,3)15-9(14)11-7(8(12)13)6-4-5-6;7-5-3-8-2-1-4(5)6(9)10;6-3-1-2(7)4(10-3)5(8)9;1-2-3;/h6-10,15H,4-5H2,1-3H3,(H,24,27)(H,23,25,26);6-7,10H,4-5H2,1-3H3,(H,18,21)(H,17,19,20);3-7,12H,1-2,17H2,(H,19,20,21);4-6H,2-3H2,1H3,(H2,13,15)(H,14,16);6-7H,4-5H2,1-3H3,(H,11,14)(H,12,13);1-3,9-10H;1H,7H2,(H2,8,9);3H,2H2,1H3;1H/t15-;10-;12-;5-;7-;;;;/m00000..../s1. The molecule has 19 N–H and O–H groups in total. The summed E-state index contributed by atoms with van der Waals surface area (Å²) < 4.78 is 59.9. The van der Waals surface area contributed by atoms with Crippen LogP contribution in [0.2, 0.25) is 0 Å². The van der Waals surface area contributed by atoms with Gasteiger partial charge in [0.15, 0.2) is 0 Å². The lowest BCUT2D eigenvalue weighted by Crippen LogP contribution is -2.44. The Bertz CT molecular complexity index is 6020. The molecule has 700 valence electrons. The van der Waals surface area contributed by atoms with Crippen LogP contribution in [0.25, 0.3) is 51.5 Å². The van der Waals surface area contributed by atoms with Crippen LogP contribution in [0.3, 0.4) is 0 Å². The summed E-state index contributed by atoms with van der Waals surface area (Å²) in [6.07, 6.45) is 15.7. The van der Waals surface area contributed by atoms with Crippen molar-refractivity contribution in [2.24, 2.45) is 52.7 Å². The number of pyridine rings is 3. The summed E-state index contributed by atoms with van der Waals surface area (Å²) in [7, 11) is -1.76. The highest BCUT2D eigenvalue weighted by Crippen LogP contribution is 2.44. The molecule has 47 heteroatoms. The molecular formula is C83H99BBr3ClF3N17O17S5. The van der Waals surface area contributed by atoms with E-state index in [2.05, 4.69) is 114 Å². The van der Waals surface area contributed by atoms with Gasteiger partial charge in [-0.15, -0.1) is 69.1 Å². The highest BCUT2D eigenvalue weighted by atomic mass is 79.9. The Morgan fingerprint density at radius 2 is 0.908 bits per heavy atom. The van der Waals surface area contributed by atoms with Crippen molar-refractivity contribution in [1.29, 1.82) is 0 Å². The normalized spacial score (nSPS) is 14.9. The number of alkyl carbamates (subject to hydrolysis) is 3. The van der Waals surface area contributed by atoms with E-state index in [4.69, 9.17) is 57.4 Å². The van der Waals surface area contributed by atoms with E-state index in [1.807, 2.05) is 33.8 Å². The molecule has 16 rings (SSSR count). The predicted octanol–water partition coefficient (Wildman–Crippen LogP) is 15.0. The van der Waals surface area contributed by atoms with Crippen LogP contribution in [0.1, 0.15) is 195 Å². The SMILES string of the molecule is CC(C)(C)OC(=O)N[C@H](C(=O)O)C1CC1.CC(C)(C)OC(=O)N[C@H](c1nc2cc(-c3ccncc3F)sc2c(=O)[nH]1)C1CC1.CC(C)(C)OC(=O)N[C@H](c1nc2cc(Br)sc2c(=O)[nH]1)C1CC1.CCO.C[C@H](C(=O)Nc1cc(Br)sc1C(N)=O)C1CC1.Cl.NC(=O)c1sc(Br)cc1N.N[C@H](c1nc2cc(-c3ccncc3F)sc2c(=O)[nH]1)C1CC1.OB(O)c1ccncc1F. The highest BCUT2D eigenvalue weighted by Gasteiger charge is 2.41. The molecular weight excluding hydrogens is 2010 g/mol. The summed E-state index contributed by atoms with van der Waals surface area (Å²) in [5.41, 5.74) is 22.5. The van der Waals surface area contributed by atoms with Crippen LogP contribution in [0.4, 0.5) is 38.9 Å². The molecule has 11 aromatic heterocycles. The largest absolute Gasteiger partial charge is 0.491 e. The van der Waals surface area contributed by atoms with E-state index in [9.17, 15) is 61.1 Å². The number of primary amides is 2. The number of aliphatic carboxylic acids is 1. The number of aromatic amines is 3. The molecule has 0 radical (unpaired) electrons. The summed E-state index contributed by atoms with van der Waals surface area (Å²) in [6.45, 7) is 19.9. The quantitative estimate of drug-likeness (QED) is 0.0264. The molecule has 0 bridgehead atoms. The molecule has 34 nitrogen and oxygen atoms in total. The van der Waals surface area contributed by atoms with Crippen molar-refractivity contribution < 1.29 is 81.2 Å². The third kappa shape index (κ3) is 32.1. The summed E-state index contributed by atoms with van der Waals surface area (Å²) in [6, 6.07) is 11.1. The Morgan fingerprint density at radius 1 is 0.538 bits per heavy atom. The van der Waals surface area contributed by atoms with E-state index in [0.717, 1.165) is 94.2 Å². The number of carbonyl (C=O) groups is 7. The lowest BCUT2D eigenvalue weighted by molar-refractivity contribution is -0.140. The number of H-pyrrole nitrogens is 3. The van der Waals surface area contributed by atoms with Gasteiger partial charge in [-0.1, -0.05) is 6.92 Å². The number of halogens is 7. The van der Waals surface area contributed by atoms with Gasteiger partial charge in [0.2, 0.25) is 5.91 Å². The van der Waals surface area contributed by atoms with Crippen molar-refractivity contribution in [3.8, 4) is 20.9 Å². The molecule has 0 unspecified atom stereocenters. The fraction of sp³-hybridized carbons (Fsp3) is 0.422. The average molecular weight is 2110 g/mol. The number of amides is 6. The first-order chi connectivity index (χ1) is 60.6. The number of nitrogens with one attached hydrogen (secondary N) is 7. The molecule has 5 aliphatic carbocycles. The zero-order chi connectivity index (χ0) is 95.0. The van der Waals surface area contributed by atoms with Gasteiger partial charge in [-0.05, 0) is 259 Å². The van der Waals surface area contributed by atoms with Gasteiger partial charge >= 0.3 is 31.4 Å². The van der Waals surface area contributed by atoms with E-state index in [1.165, 1.54) is 81.3 Å². The van der Waals surface area contributed by atoms with Crippen molar-refractivity contribution in [3.63, 3.8) is 0 Å². The first-order valence-corrected chi connectivity index (χ1v) is 46.8. The average Bonchev–Trinajstić information content (AvgIpc) is 1.63. The Hall–Kier alpha value is -9.72. The Labute approximate surface area is 794 Å². The van der Waals surface area contributed by atoms with Gasteiger partial charge in [0.1, 0.15) is 81.6 Å². The summed E-state index contributed by atoms with van der Waals surface area (Å²) in [5, 5.41) is 44.2. The molecule has 6 amide bonds. The van der Waals surface area contributed by atoms with Gasteiger partial charge in [0.25, 0.3) is 28.5 Å². The van der Waals surface area contributed by atoms with Crippen LogP contribution >= 0.6 is 117 Å². The summed E-state index contributed by atoms with van der Waals surface area (Å²) in [4.78, 5) is 152. The molecule has 5 fully saturated rings. The van der Waals surface area contributed by atoms with E-state index in [-0.39, 0.29) is 82.8 Å². The van der Waals surface area contributed by atoms with E-state index in [0.29, 0.717) is 102 Å². The van der Waals surface area contributed by atoms with Crippen molar-refractivity contribution in [3.05, 3.63) is 173 Å². The molecule has 0 aromatic carbocycles. The smallest absolute Gasteiger partial charge is 0.480 e. The maximum absolute atomic E-state index is 14.1. The second-order valence-electron chi connectivity index (χ2n) is 33.1. The number of carboxylic acids is 1. The number of aliphatic hydroxyl groups is 1. The Kier molecular flexibility index (Phi) is 37.9. The van der Waals surface area contributed by atoms with E-state index < -0.39 is 89.5 Å². The second kappa shape index (κ2) is 46.6. The molecule has 11 aromatic rings. The number of fused-ring (bicyclic) bond motifs is 3. The number of nitrogens with zero attached hydrogens (tertiary/aromatic N) is 6. The number of hydrogen-bond donors (Lipinski definition) is 15. The number of carbonyl (C=O) groups excluding carboxylic acids is 6. The Balaban J connectivity index is 0.000000191. The van der Waals surface area contributed by atoms with Gasteiger partial charge in [-0.3, -0.25) is 43.7 Å². The first kappa shape index (κ1) is 106. The number of nitrogen functional groups attached to an aromatic ring is 1. The number of aliphatic hydroxyl groups excluding tert-OH is 1. The van der Waals surface area contributed by atoms with Gasteiger partial charge in [-0.2, -0.15) is 0 Å². The number of thiophene rings is 5. The zero-order valence-corrected chi connectivity index (χ0v) is 81.7.